The summed E-state index contributed by atoms with van der Waals surface area (Å²) in [6.45, 7) is 0. The molecule has 0 saturated carbocycles. The van der Waals surface area contributed by atoms with Crippen LogP contribution >= 0.6 is 80.1 Å². The van der Waals surface area contributed by atoms with Gasteiger partial charge in [-0.05, 0) is 36.6 Å². The van der Waals surface area contributed by atoms with Gasteiger partial charge >= 0.3 is 11.5 Å². The molecule has 0 fully saturated rings. The van der Waals surface area contributed by atoms with Crippen molar-refractivity contribution < 1.29 is 0 Å². The molecule has 1 rings (SSSR count). The second kappa shape index (κ2) is 4.25. The average molecular weight is 358 g/mol. The van der Waals surface area contributed by atoms with Crippen molar-refractivity contribution in [1.82, 2.24) is 9.16 Å². The smallest absolute Gasteiger partial charge is 0.368 e. The summed E-state index contributed by atoms with van der Waals surface area (Å²) >= 11 is 36.0. The highest BCUT2D eigenvalue weighted by atomic mass is 35.9. The van der Waals surface area contributed by atoms with E-state index in [1.165, 1.54) is 9.16 Å². The fourth-order valence-electron chi connectivity index (χ4n) is 0.832. The van der Waals surface area contributed by atoms with Gasteiger partial charge in [0.25, 0.3) is 0 Å². The molecule has 0 N–H and O–H groups in total. The van der Waals surface area contributed by atoms with Crippen LogP contribution in [0.4, 0.5) is 0 Å². The van der Waals surface area contributed by atoms with Crippen LogP contribution in [0.2, 0.25) is 0 Å². The number of nitrogens with zero attached hydrogens (tertiary/aromatic N) is 3. The largest absolute Gasteiger partial charge is 0.372 e. The Kier molecular flexibility index (Phi) is 4.38. The van der Waals surface area contributed by atoms with E-state index in [9.17, 15) is 0 Å². The second-order valence-electron chi connectivity index (χ2n) is 2.74. The van der Waals surface area contributed by atoms with Crippen molar-refractivity contribution in [3.8, 4) is 0 Å². The van der Waals surface area contributed by atoms with E-state index in [1.54, 1.807) is 14.1 Å². The Hall–Kier alpha value is 2.38. The lowest BCUT2D eigenvalue weighted by atomic mass is 10.1. The Morgan fingerprint density at radius 2 is 1.64 bits per heavy atom. The van der Waals surface area contributed by atoms with Gasteiger partial charge in [-0.1, -0.05) is 4.52 Å². The van der Waals surface area contributed by atoms with Crippen LogP contribution in [0, 0.1) is 0 Å². The molecule has 1 aliphatic heterocycles. The van der Waals surface area contributed by atoms with Crippen molar-refractivity contribution in [2.24, 2.45) is 4.52 Å². The summed E-state index contributed by atoms with van der Waals surface area (Å²) < 4.78 is 6.80. The van der Waals surface area contributed by atoms with Gasteiger partial charge in [0.05, 0.1) is 0 Å². The van der Waals surface area contributed by atoms with Crippen LogP contribution in [0.1, 0.15) is 0 Å². The van der Waals surface area contributed by atoms with E-state index in [1.807, 2.05) is 0 Å². The monoisotopic (exact) mass is 355 g/mol. The predicted octanol–water partition coefficient (Wildman–Crippen LogP) is 5.36. The summed E-state index contributed by atoms with van der Waals surface area (Å²) in [5, 5.41) is -2.14. The lowest BCUT2D eigenvalue weighted by Gasteiger charge is -2.49. The maximum Gasteiger partial charge on any atom is 0.368 e. The first-order chi connectivity index (χ1) is 6.02. The second-order valence-corrected chi connectivity index (χ2v) is 14.7. The molecule has 84 valence electrons. The fraction of sp³-hybridized carbons (Fsp3) is 1.00. The number of halogens is 6. The highest BCUT2D eigenvalue weighted by Crippen LogP contribution is 2.86. The molecule has 0 unspecified atom stereocenters. The molecular formula is C2H6BCl6N3P2. The van der Waals surface area contributed by atoms with Crippen molar-refractivity contribution in [3.05, 3.63) is 0 Å². The van der Waals surface area contributed by atoms with Gasteiger partial charge in [0.15, 0.2) is 22.5 Å². The topological polar surface area (TPSA) is 18.8 Å². The Balaban J connectivity index is 3.32. The average Bonchev–Trinajstić information content (AvgIpc) is 1.97. The molecule has 0 aromatic rings. The van der Waals surface area contributed by atoms with Crippen LogP contribution in [-0.4, -0.2) is 28.5 Å². The highest BCUT2D eigenvalue weighted by molar-refractivity contribution is 8.23. The molecule has 0 saturated heterocycles. The first kappa shape index (κ1) is 14.4. The lowest BCUT2D eigenvalue weighted by Crippen LogP contribution is -2.52. The van der Waals surface area contributed by atoms with Gasteiger partial charge in [-0.3, -0.25) is 0 Å². The van der Waals surface area contributed by atoms with Crippen LogP contribution in [0.15, 0.2) is 4.52 Å². The molecule has 0 aliphatic carbocycles. The van der Waals surface area contributed by atoms with E-state index in [4.69, 9.17) is 67.9 Å². The first-order valence-corrected chi connectivity index (χ1v) is 11.2. The Morgan fingerprint density at radius 3 is 2.07 bits per heavy atom. The standard InChI is InChI=1S/C2H6BCl6N3P2/c1-11-3(4,5)12(2)14(8,9)10-13(11,6)7/h1-2H3. The maximum absolute atomic E-state index is 6.08. The molecular weight excluding hydrogens is 352 g/mol. The molecule has 12 heteroatoms. The van der Waals surface area contributed by atoms with Gasteiger partial charge in [-0.15, -0.1) is 0 Å². The first-order valence-electron chi connectivity index (χ1n) is 3.32. The van der Waals surface area contributed by atoms with E-state index in [2.05, 4.69) is 4.52 Å². The quantitative estimate of drug-likeness (QED) is 0.429. The minimum atomic E-state index is -2.80. The molecule has 0 atom stereocenters. The lowest BCUT2D eigenvalue weighted by molar-refractivity contribution is 0.717. The molecule has 3 nitrogen and oxygen atoms in total. The van der Waals surface area contributed by atoms with Crippen LogP contribution in [0.3, 0.4) is 0 Å². The Bertz CT molecular complexity index is 301. The van der Waals surface area contributed by atoms with Crippen LogP contribution in [0.25, 0.3) is 0 Å². The third kappa shape index (κ3) is 2.46. The van der Waals surface area contributed by atoms with Crippen molar-refractivity contribution in [2.45, 2.75) is 0 Å². The van der Waals surface area contributed by atoms with Crippen molar-refractivity contribution in [3.63, 3.8) is 0 Å². The summed E-state index contributed by atoms with van der Waals surface area (Å²) in [7, 11) is 3.17. The molecule has 1 aliphatic rings. The fourth-order valence-corrected chi connectivity index (χ4v) is 12.8. The van der Waals surface area contributed by atoms with Crippen molar-refractivity contribution in [2.75, 3.05) is 14.1 Å². The summed E-state index contributed by atoms with van der Waals surface area (Å²) in [6, 6.07) is 0. The molecule has 14 heavy (non-hydrogen) atoms. The van der Waals surface area contributed by atoms with E-state index >= 15 is 0 Å². The zero-order chi connectivity index (χ0) is 11.4. The molecule has 0 aromatic carbocycles. The number of hydrogen-bond acceptors (Lipinski definition) is 3. The zero-order valence-corrected chi connectivity index (χ0v) is 13.4. The van der Waals surface area contributed by atoms with Gasteiger partial charge in [-0.25, -0.2) is 4.58 Å². The van der Waals surface area contributed by atoms with Crippen molar-refractivity contribution >= 4 is 85.3 Å². The third-order valence-electron chi connectivity index (χ3n) is 1.87. The van der Waals surface area contributed by atoms with Gasteiger partial charge in [0, 0.05) is 0 Å². The SMILES string of the molecule is CN1[B-](Cl)(Cl)N(C)[P+](Cl)(Cl)N=P1(Cl)Cl. The van der Waals surface area contributed by atoms with Gasteiger partial charge in [-0.2, -0.15) is 0 Å². The van der Waals surface area contributed by atoms with Crippen molar-refractivity contribution in [1.29, 1.82) is 0 Å². The predicted molar refractivity (Wildman–Crippen MR) is 72.7 cm³/mol. The molecule has 1 heterocycles. The summed E-state index contributed by atoms with van der Waals surface area (Å²) in [6.07, 6.45) is -2.80. The van der Waals surface area contributed by atoms with Gasteiger partial charge < -0.3 is 27.5 Å². The summed E-state index contributed by atoms with van der Waals surface area (Å²) in [5.41, 5.74) is 0. The van der Waals surface area contributed by atoms with E-state index < -0.39 is 17.4 Å². The van der Waals surface area contributed by atoms with Crippen LogP contribution < -0.4 is 0 Å². The van der Waals surface area contributed by atoms with Crippen LogP contribution in [0.5, 0.6) is 0 Å². The molecule has 0 bridgehead atoms. The minimum absolute atomic E-state index is 1.40. The zero-order valence-electron chi connectivity index (χ0n) is 7.08. The van der Waals surface area contributed by atoms with E-state index in [-0.39, 0.29) is 0 Å². The van der Waals surface area contributed by atoms with Crippen LogP contribution in [-0.2, 0) is 0 Å². The summed E-state index contributed by atoms with van der Waals surface area (Å²) in [4.78, 5) is 0. The van der Waals surface area contributed by atoms with Gasteiger partial charge in [0.2, 0.25) is 5.91 Å². The Morgan fingerprint density at radius 1 is 1.21 bits per heavy atom. The number of rotatable bonds is 0. The third-order valence-corrected chi connectivity index (χ3v) is 12.8. The molecule has 0 amide bonds. The molecule has 0 radical (unpaired) electrons. The Labute approximate surface area is 112 Å². The number of hydrogen-bond donors (Lipinski definition) is 0. The van der Waals surface area contributed by atoms with Gasteiger partial charge in [0.1, 0.15) is 0 Å². The minimum Gasteiger partial charge on any atom is -0.372 e. The molecule has 0 spiro atoms. The maximum atomic E-state index is 6.08. The highest BCUT2D eigenvalue weighted by Gasteiger charge is 2.57. The normalized spacial score (nSPS) is 31.1. The molecule has 0 aromatic heterocycles. The van der Waals surface area contributed by atoms with E-state index in [0.29, 0.717) is 0 Å². The summed E-state index contributed by atoms with van der Waals surface area (Å²) in [5.74, 6) is -2.80. The van der Waals surface area contributed by atoms with E-state index in [0.717, 1.165) is 0 Å².